The Morgan fingerprint density at radius 1 is 1.25 bits per heavy atom. The number of hydrogen-bond donors (Lipinski definition) is 1. The smallest absolute Gasteiger partial charge is 0.337 e. The second kappa shape index (κ2) is 4.59. The molecule has 5 heteroatoms. The number of carboxylic acids is 1. The molecule has 2 heterocycles. The lowest BCUT2D eigenvalue weighted by molar-refractivity contribution is 0.0695. The molecule has 1 aliphatic heterocycles. The predicted octanol–water partition coefficient (Wildman–Crippen LogP) is 2.30. The molecule has 1 aliphatic rings. The number of pyridine rings is 1. The van der Waals surface area contributed by atoms with Gasteiger partial charge in [-0.2, -0.15) is 0 Å². The number of carboxylic acid groups (broad SMARTS) is 1. The summed E-state index contributed by atoms with van der Waals surface area (Å²) in [5.74, 6) is -1.62. The average molecular weight is 273 g/mol. The molecule has 1 aromatic heterocycles. The van der Waals surface area contributed by atoms with E-state index in [0.29, 0.717) is 18.7 Å². The van der Waals surface area contributed by atoms with Crippen LogP contribution in [-0.2, 0) is 13.0 Å². The van der Waals surface area contributed by atoms with Crippen molar-refractivity contribution in [2.75, 3.05) is 0 Å². The first kappa shape index (κ1) is 12.6. The lowest BCUT2D eigenvalue weighted by Crippen LogP contribution is -2.24. The molecular weight excluding hydrogens is 261 g/mol. The molecule has 0 amide bonds. The van der Waals surface area contributed by atoms with E-state index in [-0.39, 0.29) is 22.2 Å². The van der Waals surface area contributed by atoms with E-state index in [1.54, 1.807) is 6.07 Å². The summed E-state index contributed by atoms with van der Waals surface area (Å²) in [5, 5.41) is 9.27. The highest BCUT2D eigenvalue weighted by Gasteiger charge is 2.23. The van der Waals surface area contributed by atoms with E-state index in [1.807, 2.05) is 0 Å². The third-order valence-corrected chi connectivity index (χ3v) is 3.59. The number of carbonyl (C=O) groups is 1. The zero-order valence-electron chi connectivity index (χ0n) is 10.6. The van der Waals surface area contributed by atoms with Crippen molar-refractivity contribution in [3.05, 3.63) is 57.8 Å². The molecule has 102 valence electrons. The van der Waals surface area contributed by atoms with Crippen molar-refractivity contribution >= 4 is 5.97 Å². The molecule has 0 aliphatic carbocycles. The van der Waals surface area contributed by atoms with Gasteiger partial charge < -0.3 is 9.67 Å². The van der Waals surface area contributed by atoms with Crippen LogP contribution in [0, 0.1) is 5.82 Å². The molecule has 2 aromatic rings. The number of aromatic carboxylic acids is 1. The van der Waals surface area contributed by atoms with Crippen LogP contribution in [0.3, 0.4) is 0 Å². The van der Waals surface area contributed by atoms with Gasteiger partial charge in [0, 0.05) is 17.8 Å². The summed E-state index contributed by atoms with van der Waals surface area (Å²) in [6.45, 7) is 0.483. The second-order valence-electron chi connectivity index (χ2n) is 4.76. The van der Waals surface area contributed by atoms with Crippen LogP contribution in [0.25, 0.3) is 11.1 Å². The van der Waals surface area contributed by atoms with E-state index in [0.717, 1.165) is 6.42 Å². The molecule has 4 nitrogen and oxygen atoms in total. The molecule has 0 saturated carbocycles. The first-order chi connectivity index (χ1) is 9.59. The van der Waals surface area contributed by atoms with Crippen LogP contribution < -0.4 is 5.56 Å². The second-order valence-corrected chi connectivity index (χ2v) is 4.76. The van der Waals surface area contributed by atoms with Crippen molar-refractivity contribution in [3.63, 3.8) is 0 Å². The van der Waals surface area contributed by atoms with E-state index < -0.39 is 11.8 Å². The van der Waals surface area contributed by atoms with Gasteiger partial charge in [-0.3, -0.25) is 4.79 Å². The minimum atomic E-state index is -1.09. The SMILES string of the molecule is O=C(O)c1cc(-c2ccccc2F)c(=O)n2c1CCC2. The van der Waals surface area contributed by atoms with Gasteiger partial charge in [0.15, 0.2) is 0 Å². The van der Waals surface area contributed by atoms with Crippen molar-refractivity contribution < 1.29 is 14.3 Å². The first-order valence-electron chi connectivity index (χ1n) is 6.34. The molecule has 0 bridgehead atoms. The fraction of sp³-hybridized carbons (Fsp3) is 0.200. The standard InChI is InChI=1S/C15H12FNO3/c16-12-5-2-1-4-9(12)10-8-11(15(19)20)13-6-3-7-17(13)14(10)18/h1-2,4-5,8H,3,6-7H2,(H,19,20). The molecule has 0 unspecified atom stereocenters. The Balaban J connectivity index is 2.33. The van der Waals surface area contributed by atoms with Crippen LogP contribution in [0.1, 0.15) is 22.5 Å². The van der Waals surface area contributed by atoms with Gasteiger partial charge in [0.2, 0.25) is 0 Å². The molecule has 3 rings (SSSR count). The summed E-state index contributed by atoms with van der Waals surface area (Å²) in [6.07, 6.45) is 1.30. The number of aromatic nitrogens is 1. The lowest BCUT2D eigenvalue weighted by atomic mass is 10.0. The quantitative estimate of drug-likeness (QED) is 0.913. The minimum absolute atomic E-state index is 0.0837. The molecule has 0 spiro atoms. The van der Waals surface area contributed by atoms with Crippen LogP contribution in [-0.4, -0.2) is 15.6 Å². The summed E-state index contributed by atoms with van der Waals surface area (Å²) in [6, 6.07) is 7.19. The maximum absolute atomic E-state index is 13.8. The number of rotatable bonds is 2. The first-order valence-corrected chi connectivity index (χ1v) is 6.34. The van der Waals surface area contributed by atoms with Gasteiger partial charge in [-0.1, -0.05) is 18.2 Å². The maximum Gasteiger partial charge on any atom is 0.337 e. The van der Waals surface area contributed by atoms with Gasteiger partial charge in [-0.15, -0.1) is 0 Å². The Hall–Kier alpha value is -2.43. The van der Waals surface area contributed by atoms with Crippen LogP contribution >= 0.6 is 0 Å². The Kier molecular flexibility index (Phi) is 2.89. The summed E-state index contributed by atoms with van der Waals surface area (Å²) in [4.78, 5) is 23.7. The molecule has 0 fully saturated rings. The number of fused-ring (bicyclic) bond motifs is 1. The normalized spacial score (nSPS) is 13.2. The summed E-state index contributed by atoms with van der Waals surface area (Å²) < 4.78 is 15.3. The summed E-state index contributed by atoms with van der Waals surface area (Å²) >= 11 is 0. The van der Waals surface area contributed by atoms with Gasteiger partial charge in [0.25, 0.3) is 5.56 Å². The molecule has 0 radical (unpaired) electrons. The predicted molar refractivity (Wildman–Crippen MR) is 71.4 cm³/mol. The van der Waals surface area contributed by atoms with E-state index in [4.69, 9.17) is 0 Å². The average Bonchev–Trinajstić information content (AvgIpc) is 2.90. The molecule has 0 atom stereocenters. The van der Waals surface area contributed by atoms with E-state index in [9.17, 15) is 19.1 Å². The van der Waals surface area contributed by atoms with E-state index in [2.05, 4.69) is 0 Å². The third-order valence-electron chi connectivity index (χ3n) is 3.59. The Morgan fingerprint density at radius 2 is 2.00 bits per heavy atom. The highest BCUT2D eigenvalue weighted by Crippen LogP contribution is 2.25. The van der Waals surface area contributed by atoms with E-state index >= 15 is 0 Å². The lowest BCUT2D eigenvalue weighted by Gasteiger charge is -2.11. The van der Waals surface area contributed by atoms with Crippen molar-refractivity contribution in [2.24, 2.45) is 0 Å². The highest BCUT2D eigenvalue weighted by atomic mass is 19.1. The van der Waals surface area contributed by atoms with Crippen LogP contribution in [0.2, 0.25) is 0 Å². The van der Waals surface area contributed by atoms with Gasteiger partial charge in [0.1, 0.15) is 5.82 Å². The van der Waals surface area contributed by atoms with Gasteiger partial charge >= 0.3 is 5.97 Å². The molecule has 1 N–H and O–H groups in total. The fourth-order valence-electron chi connectivity index (χ4n) is 2.67. The maximum atomic E-state index is 13.8. The van der Waals surface area contributed by atoms with Crippen molar-refractivity contribution in [2.45, 2.75) is 19.4 Å². The summed E-state index contributed by atoms with van der Waals surface area (Å²) in [5.41, 5.74) is 0.531. The monoisotopic (exact) mass is 273 g/mol. The Morgan fingerprint density at radius 3 is 2.70 bits per heavy atom. The van der Waals surface area contributed by atoms with Gasteiger partial charge in [0.05, 0.1) is 11.1 Å². The topological polar surface area (TPSA) is 59.3 Å². The Labute approximate surface area is 114 Å². The summed E-state index contributed by atoms with van der Waals surface area (Å²) in [7, 11) is 0. The molecule has 1 aromatic carbocycles. The number of nitrogens with zero attached hydrogens (tertiary/aromatic N) is 1. The van der Waals surface area contributed by atoms with Crippen molar-refractivity contribution in [1.82, 2.24) is 4.57 Å². The third kappa shape index (κ3) is 1.82. The van der Waals surface area contributed by atoms with Crippen LogP contribution in [0.15, 0.2) is 35.1 Å². The zero-order valence-corrected chi connectivity index (χ0v) is 10.6. The van der Waals surface area contributed by atoms with Crippen LogP contribution in [0.5, 0.6) is 0 Å². The fourth-order valence-corrected chi connectivity index (χ4v) is 2.67. The highest BCUT2D eigenvalue weighted by molar-refractivity contribution is 5.90. The van der Waals surface area contributed by atoms with Crippen LogP contribution in [0.4, 0.5) is 4.39 Å². The Bertz CT molecular complexity index is 764. The molecular formula is C15H12FNO3. The van der Waals surface area contributed by atoms with Crippen molar-refractivity contribution in [3.8, 4) is 11.1 Å². The number of halogens is 1. The largest absolute Gasteiger partial charge is 0.478 e. The van der Waals surface area contributed by atoms with Gasteiger partial charge in [-0.25, -0.2) is 9.18 Å². The van der Waals surface area contributed by atoms with E-state index in [1.165, 1.54) is 28.8 Å². The molecule has 0 saturated heterocycles. The number of hydrogen-bond acceptors (Lipinski definition) is 2. The number of benzene rings is 1. The van der Waals surface area contributed by atoms with Gasteiger partial charge in [-0.05, 0) is 25.0 Å². The van der Waals surface area contributed by atoms with Crippen molar-refractivity contribution in [1.29, 1.82) is 0 Å². The minimum Gasteiger partial charge on any atom is -0.478 e. The zero-order chi connectivity index (χ0) is 14.3. The molecule has 20 heavy (non-hydrogen) atoms.